The molecule has 0 radical (unpaired) electrons. The Labute approximate surface area is 735 Å². The summed E-state index contributed by atoms with van der Waals surface area (Å²) >= 11 is 0. The maximum absolute atomic E-state index is 13.7. The molecule has 4 atom stereocenters. The lowest BCUT2D eigenvalue weighted by Crippen LogP contribution is -2.43. The third-order valence-corrected chi connectivity index (χ3v) is 20.1. The molecule has 0 saturated carbocycles. The lowest BCUT2D eigenvalue weighted by atomic mass is 9.82. The van der Waals surface area contributed by atoms with Gasteiger partial charge in [-0.2, -0.15) is 0 Å². The number of carbonyl (C=O) groups is 15. The molecule has 0 saturated heterocycles. The van der Waals surface area contributed by atoms with Crippen molar-refractivity contribution in [2.45, 2.75) is 244 Å². The van der Waals surface area contributed by atoms with Gasteiger partial charge in [0, 0.05) is 109 Å². The van der Waals surface area contributed by atoms with Crippen molar-refractivity contribution in [1.29, 1.82) is 0 Å². The molecule has 706 valence electrons. The van der Waals surface area contributed by atoms with Crippen molar-refractivity contribution in [3.05, 3.63) is 59.7 Å². The van der Waals surface area contributed by atoms with Gasteiger partial charge >= 0.3 is 23.9 Å². The monoisotopic (exact) mass is 1770 g/mol. The lowest BCUT2D eigenvalue weighted by Gasteiger charge is -2.23. The molecule has 0 aromatic heterocycles. The topological polar surface area (TPSA) is 515 Å². The molecule has 0 bridgehead atoms. The Balaban J connectivity index is 1.42. The zero-order valence-electron chi connectivity index (χ0n) is 73.9. The Morgan fingerprint density at radius 1 is 0.328 bits per heavy atom. The third-order valence-electron chi connectivity index (χ3n) is 20.1. The second-order valence-corrected chi connectivity index (χ2v) is 31.5. The fraction of sp³-hybridized carbons (Fsp3) is 0.700. The first-order valence-corrected chi connectivity index (χ1v) is 44.3. The number of unbranched alkanes of at least 4 members (excludes halogenated alkanes) is 14. The van der Waals surface area contributed by atoms with Gasteiger partial charge < -0.3 is 100 Å². The number of carboxylic acids is 4. The van der Waals surface area contributed by atoms with Crippen molar-refractivity contribution in [2.75, 3.05) is 145 Å². The summed E-state index contributed by atoms with van der Waals surface area (Å²) in [5.41, 5.74) is 5.33. The Morgan fingerprint density at radius 2 is 0.728 bits per heavy atom. The number of ketones is 6. The van der Waals surface area contributed by atoms with Crippen molar-refractivity contribution in [1.82, 2.24) is 26.6 Å². The Bertz CT molecular complexity index is 3450. The number of carboxylic acid groups (broad SMARTS) is 4. The first-order valence-electron chi connectivity index (χ1n) is 44.3. The van der Waals surface area contributed by atoms with Crippen LogP contribution >= 0.6 is 0 Å². The van der Waals surface area contributed by atoms with E-state index in [1.807, 2.05) is 0 Å². The number of nitrogens with two attached hydrogens (primary N) is 1. The van der Waals surface area contributed by atoms with Crippen LogP contribution in [0.1, 0.15) is 253 Å². The maximum atomic E-state index is 13.7. The highest BCUT2D eigenvalue weighted by molar-refractivity contribution is 5.94. The van der Waals surface area contributed by atoms with E-state index in [0.717, 1.165) is 77.0 Å². The number of amides is 5. The van der Waals surface area contributed by atoms with Crippen LogP contribution < -0.4 is 41.8 Å². The zero-order chi connectivity index (χ0) is 91.9. The smallest absolute Gasteiger partial charge is 0.335 e. The molecule has 2 aromatic carbocycles. The van der Waals surface area contributed by atoms with E-state index in [1.165, 1.54) is 31.2 Å². The highest BCUT2D eigenvalue weighted by Crippen LogP contribution is 2.25. The van der Waals surface area contributed by atoms with Crippen LogP contribution in [0, 0.1) is 17.8 Å². The molecule has 0 spiro atoms. The van der Waals surface area contributed by atoms with Crippen LogP contribution in [0.2, 0.25) is 0 Å². The number of benzene rings is 2. The molecule has 2 rings (SSSR count). The summed E-state index contributed by atoms with van der Waals surface area (Å²) in [6.07, 6.45) is 16.8. The second kappa shape index (κ2) is 72.0. The normalized spacial score (nSPS) is 12.3. The molecule has 0 aliphatic carbocycles. The van der Waals surface area contributed by atoms with E-state index in [4.69, 9.17) is 63.3 Å². The van der Waals surface area contributed by atoms with Gasteiger partial charge in [-0.15, -0.1) is 0 Å². The van der Waals surface area contributed by atoms with Crippen LogP contribution in [-0.2, 0) is 100 Å². The molecule has 0 unspecified atom stereocenters. The van der Waals surface area contributed by atoms with Crippen LogP contribution in [-0.4, -0.2) is 265 Å². The minimum Gasteiger partial charge on any atom is -0.494 e. The summed E-state index contributed by atoms with van der Waals surface area (Å²) in [6.45, 7) is 8.08. The molecule has 0 aliphatic heterocycles. The Kier molecular flexibility index (Phi) is 64.5. The van der Waals surface area contributed by atoms with E-state index in [1.54, 1.807) is 38.1 Å². The quantitative estimate of drug-likeness (QED) is 0.0277. The Hall–Kier alpha value is -9.07. The van der Waals surface area contributed by atoms with Crippen molar-refractivity contribution in [2.24, 2.45) is 23.5 Å². The van der Waals surface area contributed by atoms with Crippen molar-refractivity contribution in [3.63, 3.8) is 0 Å². The number of nitrogens with one attached hydrogen (secondary N) is 5. The number of hydrogen-bond acceptors (Lipinski definition) is 26. The molecule has 0 fully saturated rings. The van der Waals surface area contributed by atoms with Gasteiger partial charge in [-0.05, 0) is 146 Å². The van der Waals surface area contributed by atoms with Crippen LogP contribution in [0.25, 0.3) is 0 Å². The van der Waals surface area contributed by atoms with Crippen LogP contribution in [0.15, 0.2) is 48.5 Å². The Morgan fingerprint density at radius 3 is 1.18 bits per heavy atom. The summed E-state index contributed by atoms with van der Waals surface area (Å²) in [5.74, 6) is -8.13. The van der Waals surface area contributed by atoms with E-state index in [9.17, 15) is 82.1 Å². The average molecular weight is 1770 g/mol. The largest absolute Gasteiger partial charge is 0.494 e. The number of hydrogen-bond donors (Lipinski definition) is 10. The van der Waals surface area contributed by atoms with Crippen LogP contribution in [0.5, 0.6) is 11.5 Å². The van der Waals surface area contributed by atoms with Gasteiger partial charge in [0.1, 0.15) is 67.1 Å². The fourth-order valence-corrected chi connectivity index (χ4v) is 12.6. The average Bonchev–Trinajstić information content (AvgIpc) is 0.876. The first kappa shape index (κ1) is 112. The SMILES string of the molecule is CC(=O)[C@H](CCCCNC(=O)COCCOCCNC(=O)COCCOCCCC(=O)CC[C@H](NC(=O)CCCCCCCCCOc1ccc(C(=O)O)cc1)C(=O)O)CC(=O)[C@H](CCCCNC(=O)COCCOCCCC(=O)COCCOCCNC(=O)CC[C@H](CC(=O)CCCCCCCCCOc1ccc(C(=O)O)cc1)C(=O)O)CC(=O)C(C)(C)N. The molecule has 0 aliphatic rings. The molecule has 11 N–H and O–H groups in total. The first-order chi connectivity index (χ1) is 60.0. The van der Waals surface area contributed by atoms with E-state index >= 15 is 0 Å². The standard InChI is InChI=1S/C90H142N6O29/c1-67(97)70(24-16-18-42-92-84(106)65-123-59-55-119-51-45-95-85(107)66-122-58-52-116-46-22-27-73(98)35-40-78(89(114)115)96-82(104)29-15-11-7-5-9-13-21-49-125-77-38-32-69(33-39-77)87(110)111)61-79(101)71(62-80(102)90(2,3)91)25-17-19-43-93-83(105)64-121-57-53-117-47-23-28-75(100)63-120-56-54-118-50-44-94-81(103)41-34-72(88(112)113)60-74(99)26-14-10-6-4-8-12-20-48-124-76-36-30-68(31-37-76)86(108)109/h30-33,36-39,70-72,78H,4-29,34-35,40-66,91H2,1-3H3,(H,92,106)(H,93,105)(H,94,103)(H,95,107)(H,96,104)(H,108,109)(H,110,111)(H,112,113)(H,114,115)/t70-,71-,72-,78+/m1/s1. The van der Waals surface area contributed by atoms with E-state index < -0.39 is 53.2 Å². The third kappa shape index (κ3) is 62.7. The van der Waals surface area contributed by atoms with E-state index in [-0.39, 0.29) is 258 Å². The number of rotatable bonds is 86. The number of aromatic carboxylic acids is 2. The zero-order valence-corrected chi connectivity index (χ0v) is 73.9. The second-order valence-electron chi connectivity index (χ2n) is 31.5. The van der Waals surface area contributed by atoms with Crippen molar-refractivity contribution < 1.29 is 140 Å². The predicted octanol–water partition coefficient (Wildman–Crippen LogP) is 8.69. The van der Waals surface area contributed by atoms with Gasteiger partial charge in [0.05, 0.1) is 102 Å². The lowest BCUT2D eigenvalue weighted by molar-refractivity contribution is -0.144. The number of carbonyl (C=O) groups excluding carboxylic acids is 11. The molecular weight excluding hydrogens is 1630 g/mol. The van der Waals surface area contributed by atoms with E-state index in [2.05, 4.69) is 26.6 Å². The predicted molar refractivity (Wildman–Crippen MR) is 460 cm³/mol. The van der Waals surface area contributed by atoms with Gasteiger partial charge in [0.2, 0.25) is 29.5 Å². The van der Waals surface area contributed by atoms with Gasteiger partial charge in [0.25, 0.3) is 0 Å². The molecular formula is C90H142N6O29. The molecule has 5 amide bonds. The minimum atomic E-state index is -1.20. The van der Waals surface area contributed by atoms with Gasteiger partial charge in [-0.3, -0.25) is 57.5 Å². The summed E-state index contributed by atoms with van der Waals surface area (Å²) in [4.78, 5) is 184. The molecule has 35 nitrogen and oxygen atoms in total. The highest BCUT2D eigenvalue weighted by atomic mass is 16.5. The van der Waals surface area contributed by atoms with Gasteiger partial charge in [0.15, 0.2) is 11.6 Å². The summed E-state index contributed by atoms with van der Waals surface area (Å²) in [6, 6.07) is 11.4. The van der Waals surface area contributed by atoms with Crippen molar-refractivity contribution in [3.8, 4) is 11.5 Å². The highest BCUT2D eigenvalue weighted by Gasteiger charge is 2.31. The number of Topliss-reactive ketones (excluding diaryl/α,β-unsaturated/α-hetero) is 6. The van der Waals surface area contributed by atoms with Gasteiger partial charge in [-0.1, -0.05) is 77.0 Å². The molecule has 2 aromatic rings. The number of ether oxygens (including phenoxy) is 10. The maximum Gasteiger partial charge on any atom is 0.335 e. The van der Waals surface area contributed by atoms with E-state index in [0.29, 0.717) is 108 Å². The molecule has 35 heteroatoms. The summed E-state index contributed by atoms with van der Waals surface area (Å²) < 4.78 is 54.8. The van der Waals surface area contributed by atoms with Crippen molar-refractivity contribution >= 4 is 88.1 Å². The number of aliphatic carboxylic acids is 2. The fourth-order valence-electron chi connectivity index (χ4n) is 12.6. The molecule has 125 heavy (non-hydrogen) atoms. The minimum absolute atomic E-state index is 0.00816. The van der Waals surface area contributed by atoms with Crippen LogP contribution in [0.4, 0.5) is 0 Å². The summed E-state index contributed by atoms with van der Waals surface area (Å²) in [7, 11) is 0. The van der Waals surface area contributed by atoms with Crippen LogP contribution in [0.3, 0.4) is 0 Å². The summed E-state index contributed by atoms with van der Waals surface area (Å²) in [5, 5.41) is 50.7. The van der Waals surface area contributed by atoms with Gasteiger partial charge in [-0.25, -0.2) is 14.4 Å². The molecule has 0 heterocycles.